The number of rotatable bonds is 9. The van der Waals surface area contributed by atoms with E-state index in [1.165, 1.54) is 0 Å². The fourth-order valence-corrected chi connectivity index (χ4v) is 3.55. The molecule has 0 aliphatic carbocycles. The summed E-state index contributed by atoms with van der Waals surface area (Å²) in [5.41, 5.74) is 4.65. The van der Waals surface area contributed by atoms with Gasteiger partial charge in [0.25, 0.3) is 0 Å². The third kappa shape index (κ3) is 6.39. The number of unbranched alkanes of at least 4 members (excludes halogenated alkanes) is 1. The van der Waals surface area contributed by atoms with E-state index in [1.54, 1.807) is 37.6 Å². The lowest BCUT2D eigenvalue weighted by molar-refractivity contribution is 0.0735. The molecule has 0 saturated heterocycles. The molecule has 0 saturated carbocycles. The number of esters is 1. The molecule has 4 nitrogen and oxygen atoms in total. The number of hydrogen-bond donors (Lipinski definition) is 0. The zero-order valence-corrected chi connectivity index (χ0v) is 19.9. The van der Waals surface area contributed by atoms with Gasteiger partial charge in [0, 0.05) is 0 Å². The van der Waals surface area contributed by atoms with Crippen molar-refractivity contribution in [2.45, 2.75) is 19.8 Å². The van der Waals surface area contributed by atoms with Crippen molar-refractivity contribution in [3.8, 4) is 39.5 Å². The smallest absolute Gasteiger partial charge is 0.343 e. The third-order valence-electron chi connectivity index (χ3n) is 5.55. The maximum atomic E-state index is 12.6. The molecule has 4 aromatic rings. The van der Waals surface area contributed by atoms with Crippen LogP contribution in [0.15, 0.2) is 109 Å². The summed E-state index contributed by atoms with van der Waals surface area (Å²) >= 11 is 0. The van der Waals surface area contributed by atoms with E-state index in [4.69, 9.17) is 14.2 Å². The van der Waals surface area contributed by atoms with Crippen molar-refractivity contribution in [3.05, 3.63) is 115 Å². The summed E-state index contributed by atoms with van der Waals surface area (Å²) < 4.78 is 16.4. The summed E-state index contributed by atoms with van der Waals surface area (Å²) in [6.45, 7) is 2.13. The van der Waals surface area contributed by atoms with Gasteiger partial charge in [-0.05, 0) is 83.3 Å². The second kappa shape index (κ2) is 11.7. The summed E-state index contributed by atoms with van der Waals surface area (Å²) in [6, 6.07) is 30.5. The van der Waals surface area contributed by atoms with Crippen molar-refractivity contribution in [2.75, 3.05) is 7.11 Å². The number of benzene rings is 4. The van der Waals surface area contributed by atoms with Crippen molar-refractivity contribution in [1.82, 2.24) is 0 Å². The molecule has 0 fully saturated rings. The molecule has 0 atom stereocenters. The molecule has 4 heteroatoms. The second-order valence-corrected chi connectivity index (χ2v) is 8.02. The summed E-state index contributed by atoms with van der Waals surface area (Å²) in [4.78, 5) is 12.6. The van der Waals surface area contributed by atoms with Gasteiger partial charge in [-0.15, -0.1) is 0 Å². The molecule has 0 radical (unpaired) electrons. The van der Waals surface area contributed by atoms with Gasteiger partial charge in [-0.3, -0.25) is 0 Å². The molecule has 35 heavy (non-hydrogen) atoms. The first-order valence-electron chi connectivity index (χ1n) is 11.6. The van der Waals surface area contributed by atoms with Crippen molar-refractivity contribution in [2.24, 2.45) is 0 Å². The van der Waals surface area contributed by atoms with Crippen LogP contribution in [-0.2, 0) is 0 Å². The van der Waals surface area contributed by atoms with Crippen LogP contribution >= 0.6 is 0 Å². The van der Waals surface area contributed by atoms with E-state index in [0.29, 0.717) is 11.3 Å². The zero-order chi connectivity index (χ0) is 24.5. The van der Waals surface area contributed by atoms with Crippen LogP contribution in [-0.4, -0.2) is 13.1 Å². The summed E-state index contributed by atoms with van der Waals surface area (Å²) in [6.07, 6.45) is 5.84. The topological polar surface area (TPSA) is 44.8 Å². The molecule has 0 bridgehead atoms. The van der Waals surface area contributed by atoms with Gasteiger partial charge in [0.15, 0.2) is 0 Å². The average Bonchev–Trinajstić information content (AvgIpc) is 2.92. The van der Waals surface area contributed by atoms with Crippen LogP contribution in [0, 0.1) is 0 Å². The van der Waals surface area contributed by atoms with Gasteiger partial charge in [0.1, 0.15) is 17.2 Å². The molecule has 0 amide bonds. The molecule has 0 unspecified atom stereocenters. The molecule has 0 aliphatic rings. The molecule has 4 aromatic carbocycles. The standard InChI is InChI=1S/C31H28O4/c1-3-4-5-22-34-29-18-12-25(13-19-29)23-6-8-27(9-7-23)31(32)35-30-20-14-26(15-21-30)24-10-16-28(33-2)17-11-24/h5-22H,3-4H2,1-2H3. The maximum absolute atomic E-state index is 12.6. The monoisotopic (exact) mass is 464 g/mol. The first-order valence-corrected chi connectivity index (χ1v) is 11.6. The lowest BCUT2D eigenvalue weighted by Gasteiger charge is -2.08. The van der Waals surface area contributed by atoms with Crippen LogP contribution in [0.5, 0.6) is 17.2 Å². The molecule has 0 N–H and O–H groups in total. The molecular weight excluding hydrogens is 436 g/mol. The van der Waals surface area contributed by atoms with E-state index in [9.17, 15) is 4.79 Å². The van der Waals surface area contributed by atoms with Crippen molar-refractivity contribution in [3.63, 3.8) is 0 Å². The van der Waals surface area contributed by atoms with E-state index >= 15 is 0 Å². The normalized spacial score (nSPS) is 10.8. The number of carbonyl (C=O) groups excluding carboxylic acids is 1. The molecular formula is C31H28O4. The first-order chi connectivity index (χ1) is 17.2. The Morgan fingerprint density at radius 1 is 0.657 bits per heavy atom. The van der Waals surface area contributed by atoms with Crippen LogP contribution in [0.1, 0.15) is 30.1 Å². The second-order valence-electron chi connectivity index (χ2n) is 8.02. The van der Waals surface area contributed by atoms with Crippen LogP contribution in [0.3, 0.4) is 0 Å². The quantitative estimate of drug-likeness (QED) is 0.143. The van der Waals surface area contributed by atoms with Crippen molar-refractivity contribution in [1.29, 1.82) is 0 Å². The van der Waals surface area contributed by atoms with Gasteiger partial charge in [0.05, 0.1) is 18.9 Å². The highest BCUT2D eigenvalue weighted by molar-refractivity contribution is 5.91. The molecule has 0 aliphatic heterocycles. The highest BCUT2D eigenvalue weighted by Gasteiger charge is 2.10. The van der Waals surface area contributed by atoms with E-state index in [2.05, 4.69) is 6.92 Å². The van der Waals surface area contributed by atoms with E-state index in [1.807, 2.05) is 78.9 Å². The summed E-state index contributed by atoms with van der Waals surface area (Å²) in [5, 5.41) is 0. The lowest BCUT2D eigenvalue weighted by Crippen LogP contribution is -2.08. The molecule has 0 heterocycles. The van der Waals surface area contributed by atoms with Crippen LogP contribution in [0.25, 0.3) is 22.3 Å². The highest BCUT2D eigenvalue weighted by Crippen LogP contribution is 2.26. The predicted molar refractivity (Wildman–Crippen MR) is 140 cm³/mol. The number of allylic oxidation sites excluding steroid dienone is 1. The van der Waals surface area contributed by atoms with Gasteiger partial charge in [-0.1, -0.05) is 61.9 Å². The van der Waals surface area contributed by atoms with Crippen LogP contribution in [0.4, 0.5) is 0 Å². The number of methoxy groups -OCH3 is 1. The summed E-state index contributed by atoms with van der Waals surface area (Å²) in [5.74, 6) is 1.71. The Balaban J connectivity index is 1.36. The van der Waals surface area contributed by atoms with Gasteiger partial charge in [-0.25, -0.2) is 4.79 Å². The molecule has 0 aromatic heterocycles. The number of hydrogen-bond acceptors (Lipinski definition) is 4. The number of ether oxygens (including phenoxy) is 3. The van der Waals surface area contributed by atoms with Crippen molar-refractivity contribution >= 4 is 5.97 Å². The van der Waals surface area contributed by atoms with E-state index < -0.39 is 5.97 Å². The van der Waals surface area contributed by atoms with Gasteiger partial charge < -0.3 is 14.2 Å². The zero-order valence-electron chi connectivity index (χ0n) is 19.9. The Bertz CT molecular complexity index is 1250. The Morgan fingerprint density at radius 3 is 1.60 bits per heavy atom. The Hall–Kier alpha value is -4.31. The van der Waals surface area contributed by atoms with Crippen LogP contribution in [0.2, 0.25) is 0 Å². The van der Waals surface area contributed by atoms with E-state index in [0.717, 1.165) is 46.6 Å². The molecule has 176 valence electrons. The van der Waals surface area contributed by atoms with Crippen molar-refractivity contribution < 1.29 is 19.0 Å². The van der Waals surface area contributed by atoms with Gasteiger partial charge in [-0.2, -0.15) is 0 Å². The van der Waals surface area contributed by atoms with Gasteiger partial charge >= 0.3 is 5.97 Å². The number of carbonyl (C=O) groups is 1. The van der Waals surface area contributed by atoms with Crippen LogP contribution < -0.4 is 14.2 Å². The SMILES string of the molecule is CCCC=COc1ccc(-c2ccc(C(=O)Oc3ccc(-c4ccc(OC)cc4)cc3)cc2)cc1. The fourth-order valence-electron chi connectivity index (χ4n) is 3.55. The third-order valence-corrected chi connectivity index (χ3v) is 5.55. The Morgan fingerprint density at radius 2 is 1.11 bits per heavy atom. The minimum atomic E-state index is -0.392. The minimum Gasteiger partial charge on any atom is -0.497 e. The molecule has 0 spiro atoms. The summed E-state index contributed by atoms with van der Waals surface area (Å²) in [7, 11) is 1.65. The largest absolute Gasteiger partial charge is 0.497 e. The maximum Gasteiger partial charge on any atom is 0.343 e. The Kier molecular flexibility index (Phi) is 7.97. The lowest BCUT2D eigenvalue weighted by atomic mass is 10.0. The first kappa shape index (κ1) is 23.8. The Labute approximate surface area is 206 Å². The highest BCUT2D eigenvalue weighted by atomic mass is 16.5. The van der Waals surface area contributed by atoms with Gasteiger partial charge in [0.2, 0.25) is 0 Å². The average molecular weight is 465 g/mol. The fraction of sp³-hybridized carbons (Fsp3) is 0.129. The molecule has 4 rings (SSSR count). The minimum absolute atomic E-state index is 0.392. The van der Waals surface area contributed by atoms with E-state index in [-0.39, 0.29) is 0 Å². The predicted octanol–water partition coefficient (Wildman–Crippen LogP) is 7.94.